The molecule has 0 amide bonds. The van der Waals surface area contributed by atoms with Crippen molar-refractivity contribution in [2.45, 2.75) is 0 Å². The Labute approximate surface area is 157 Å². The molecule has 0 N–H and O–H groups in total. The molecular formula is C16H8Cl4O4. The lowest BCUT2D eigenvalue weighted by molar-refractivity contribution is -0.131. The third-order valence-electron chi connectivity index (χ3n) is 2.46. The maximum absolute atomic E-state index is 11.7. The van der Waals surface area contributed by atoms with Gasteiger partial charge in [0.2, 0.25) is 0 Å². The van der Waals surface area contributed by atoms with Crippen LogP contribution in [0.2, 0.25) is 20.1 Å². The van der Waals surface area contributed by atoms with Gasteiger partial charge in [-0.15, -0.1) is 0 Å². The number of carbonyl (C=O) groups is 2. The molecule has 0 aliphatic carbocycles. The number of hydrogen-bond donors (Lipinski definition) is 0. The predicted molar refractivity (Wildman–Crippen MR) is 93.3 cm³/mol. The summed E-state index contributed by atoms with van der Waals surface area (Å²) in [4.78, 5) is 23.3. The predicted octanol–water partition coefficient (Wildman–Crippen LogP) is 5.37. The summed E-state index contributed by atoms with van der Waals surface area (Å²) in [6.45, 7) is 0. The van der Waals surface area contributed by atoms with E-state index in [1.54, 1.807) is 0 Å². The molecule has 0 aliphatic heterocycles. The van der Waals surface area contributed by atoms with Crippen LogP contribution >= 0.6 is 46.4 Å². The first-order chi connectivity index (χ1) is 11.3. The average Bonchev–Trinajstić information content (AvgIpc) is 2.42. The molecule has 2 aromatic rings. The molecule has 0 saturated heterocycles. The Hall–Kier alpha value is -1.72. The summed E-state index contributed by atoms with van der Waals surface area (Å²) in [7, 11) is 0. The molecule has 0 saturated carbocycles. The summed E-state index contributed by atoms with van der Waals surface area (Å²) in [5.74, 6) is -1.29. The first kappa shape index (κ1) is 18.6. The van der Waals surface area contributed by atoms with E-state index in [0.29, 0.717) is 20.1 Å². The van der Waals surface area contributed by atoms with Gasteiger partial charge in [-0.3, -0.25) is 0 Å². The van der Waals surface area contributed by atoms with Crippen molar-refractivity contribution < 1.29 is 19.1 Å². The monoisotopic (exact) mass is 404 g/mol. The zero-order valence-electron chi connectivity index (χ0n) is 11.8. The van der Waals surface area contributed by atoms with Crippen molar-refractivity contribution >= 4 is 58.3 Å². The van der Waals surface area contributed by atoms with Crippen molar-refractivity contribution in [2.75, 3.05) is 0 Å². The van der Waals surface area contributed by atoms with Gasteiger partial charge in [0.05, 0.1) is 0 Å². The lowest BCUT2D eigenvalue weighted by Crippen LogP contribution is -2.08. The van der Waals surface area contributed by atoms with Crippen LogP contribution in [0.3, 0.4) is 0 Å². The second-order valence-corrected chi connectivity index (χ2v) is 6.13. The molecule has 8 heteroatoms. The maximum atomic E-state index is 11.7. The highest BCUT2D eigenvalue weighted by atomic mass is 35.5. The molecule has 2 aromatic carbocycles. The molecule has 4 nitrogen and oxygen atoms in total. The summed E-state index contributed by atoms with van der Waals surface area (Å²) >= 11 is 23.1. The van der Waals surface area contributed by atoms with Gasteiger partial charge in [-0.1, -0.05) is 46.4 Å². The molecule has 0 heterocycles. The Morgan fingerprint density at radius 1 is 0.625 bits per heavy atom. The van der Waals surface area contributed by atoms with Crippen LogP contribution in [-0.4, -0.2) is 11.9 Å². The van der Waals surface area contributed by atoms with E-state index in [-0.39, 0.29) is 11.5 Å². The third-order valence-corrected chi connectivity index (χ3v) is 3.34. The summed E-state index contributed by atoms with van der Waals surface area (Å²) in [5.41, 5.74) is 0. The van der Waals surface area contributed by atoms with E-state index in [1.807, 2.05) is 0 Å². The van der Waals surface area contributed by atoms with Gasteiger partial charge in [0.25, 0.3) is 0 Å². The first-order valence-corrected chi connectivity index (χ1v) is 7.87. The molecule has 0 unspecified atom stereocenters. The van der Waals surface area contributed by atoms with Crippen LogP contribution in [-0.2, 0) is 9.59 Å². The fourth-order valence-electron chi connectivity index (χ4n) is 1.61. The Kier molecular flexibility index (Phi) is 6.52. The Morgan fingerprint density at radius 2 is 0.917 bits per heavy atom. The zero-order chi connectivity index (χ0) is 17.7. The largest absolute Gasteiger partial charge is 0.423 e. The standard InChI is InChI=1S/C16H8Cl4O4/c17-9-3-10(18)6-13(5-9)23-15(21)1-2-16(22)24-14-7-11(19)4-12(20)8-14/h1-8H/b2-1+. The number of rotatable bonds is 4. The van der Waals surface area contributed by atoms with E-state index in [1.165, 1.54) is 36.4 Å². The van der Waals surface area contributed by atoms with Gasteiger partial charge in [-0.05, 0) is 36.4 Å². The minimum absolute atomic E-state index is 0.150. The van der Waals surface area contributed by atoms with Gasteiger partial charge in [-0.2, -0.15) is 0 Å². The lowest BCUT2D eigenvalue weighted by atomic mass is 10.3. The van der Waals surface area contributed by atoms with E-state index in [4.69, 9.17) is 55.9 Å². The van der Waals surface area contributed by atoms with Gasteiger partial charge in [0, 0.05) is 32.2 Å². The minimum atomic E-state index is -0.797. The van der Waals surface area contributed by atoms with E-state index in [0.717, 1.165) is 12.2 Å². The highest BCUT2D eigenvalue weighted by Crippen LogP contribution is 2.25. The second kappa shape index (κ2) is 8.40. The van der Waals surface area contributed by atoms with E-state index in [2.05, 4.69) is 0 Å². The highest BCUT2D eigenvalue weighted by Gasteiger charge is 2.07. The number of carbonyl (C=O) groups excluding carboxylic acids is 2. The van der Waals surface area contributed by atoms with Crippen molar-refractivity contribution in [2.24, 2.45) is 0 Å². The van der Waals surface area contributed by atoms with Gasteiger partial charge >= 0.3 is 11.9 Å². The van der Waals surface area contributed by atoms with Crippen molar-refractivity contribution in [3.05, 3.63) is 68.6 Å². The maximum Gasteiger partial charge on any atom is 0.336 e. The number of esters is 2. The Balaban J connectivity index is 1.96. The van der Waals surface area contributed by atoms with E-state index >= 15 is 0 Å². The number of benzene rings is 2. The van der Waals surface area contributed by atoms with Crippen molar-refractivity contribution in [1.82, 2.24) is 0 Å². The van der Waals surface area contributed by atoms with Gasteiger partial charge in [-0.25, -0.2) is 9.59 Å². The van der Waals surface area contributed by atoms with Crippen LogP contribution in [0, 0.1) is 0 Å². The van der Waals surface area contributed by atoms with Crippen molar-refractivity contribution in [3.63, 3.8) is 0 Å². The van der Waals surface area contributed by atoms with E-state index < -0.39 is 11.9 Å². The summed E-state index contributed by atoms with van der Waals surface area (Å²) in [5, 5.41) is 1.25. The SMILES string of the molecule is O=C(/C=C/C(=O)Oc1cc(Cl)cc(Cl)c1)Oc1cc(Cl)cc(Cl)c1. The van der Waals surface area contributed by atoms with Crippen LogP contribution in [0.15, 0.2) is 48.6 Å². The molecule has 0 spiro atoms. The van der Waals surface area contributed by atoms with E-state index in [9.17, 15) is 9.59 Å². The first-order valence-electron chi connectivity index (χ1n) is 6.36. The third kappa shape index (κ3) is 6.06. The fraction of sp³-hybridized carbons (Fsp3) is 0. The van der Waals surface area contributed by atoms with Crippen molar-refractivity contribution in [1.29, 1.82) is 0 Å². The normalized spacial score (nSPS) is 10.7. The number of ether oxygens (including phenoxy) is 2. The molecular weight excluding hydrogens is 398 g/mol. The quantitative estimate of drug-likeness (QED) is 0.390. The summed E-state index contributed by atoms with van der Waals surface area (Å²) < 4.78 is 9.94. The Bertz CT molecular complexity index is 710. The number of hydrogen-bond acceptors (Lipinski definition) is 4. The number of halogens is 4. The second-order valence-electron chi connectivity index (χ2n) is 4.39. The minimum Gasteiger partial charge on any atom is -0.423 e. The van der Waals surface area contributed by atoms with Gasteiger partial charge in [0.1, 0.15) is 11.5 Å². The van der Waals surface area contributed by atoms with Crippen LogP contribution in [0.1, 0.15) is 0 Å². The molecule has 0 bridgehead atoms. The Morgan fingerprint density at radius 3 is 1.21 bits per heavy atom. The van der Waals surface area contributed by atoms with Crippen LogP contribution in [0.25, 0.3) is 0 Å². The molecule has 124 valence electrons. The van der Waals surface area contributed by atoms with Crippen LogP contribution < -0.4 is 9.47 Å². The average molecular weight is 406 g/mol. The lowest BCUT2D eigenvalue weighted by Gasteiger charge is -2.03. The van der Waals surface area contributed by atoms with Gasteiger partial charge < -0.3 is 9.47 Å². The molecule has 0 aromatic heterocycles. The van der Waals surface area contributed by atoms with Crippen LogP contribution in [0.4, 0.5) is 0 Å². The smallest absolute Gasteiger partial charge is 0.336 e. The van der Waals surface area contributed by atoms with Crippen molar-refractivity contribution in [3.8, 4) is 11.5 Å². The van der Waals surface area contributed by atoms with Crippen LogP contribution in [0.5, 0.6) is 11.5 Å². The fourth-order valence-corrected chi connectivity index (χ4v) is 2.62. The highest BCUT2D eigenvalue weighted by molar-refractivity contribution is 6.35. The molecule has 0 fully saturated rings. The van der Waals surface area contributed by atoms with Gasteiger partial charge in [0.15, 0.2) is 0 Å². The molecule has 24 heavy (non-hydrogen) atoms. The summed E-state index contributed by atoms with van der Waals surface area (Å²) in [6, 6.07) is 8.61. The zero-order valence-corrected chi connectivity index (χ0v) is 14.8. The molecule has 0 aliphatic rings. The topological polar surface area (TPSA) is 52.6 Å². The summed E-state index contributed by atoms with van der Waals surface area (Å²) in [6.07, 6.45) is 1.81. The molecule has 2 rings (SSSR count). The molecule has 0 atom stereocenters. The molecule has 0 radical (unpaired) electrons.